The quantitative estimate of drug-likeness (QED) is 0.0410. The molecule has 1 amide bonds. The van der Waals surface area contributed by atoms with E-state index in [0.29, 0.717) is 31.9 Å². The van der Waals surface area contributed by atoms with Gasteiger partial charge in [-0.25, -0.2) is 9.86 Å². The van der Waals surface area contributed by atoms with Crippen molar-refractivity contribution in [2.24, 2.45) is 11.8 Å². The summed E-state index contributed by atoms with van der Waals surface area (Å²) in [5.74, 6) is -0.267. The fourth-order valence-electron chi connectivity index (χ4n) is 10.8. The van der Waals surface area contributed by atoms with Crippen LogP contribution in [0.25, 0.3) is 43.1 Å². The molecule has 2 aliphatic rings. The fourth-order valence-corrected chi connectivity index (χ4v) is 14.2. The van der Waals surface area contributed by atoms with Gasteiger partial charge in [-0.15, -0.1) is 0 Å². The van der Waals surface area contributed by atoms with Crippen molar-refractivity contribution in [1.82, 2.24) is 14.7 Å². The number of carbonyl (C=O) groups excluding carboxylic acids is 3. The number of aliphatic hydroxyl groups excluding tert-OH is 1. The average Bonchev–Trinajstić information content (AvgIpc) is 0.805. The number of hydroxylamine groups is 2. The van der Waals surface area contributed by atoms with Crippen LogP contribution < -0.4 is 0 Å². The zero-order chi connectivity index (χ0) is 71.3. The Morgan fingerprint density at radius 1 is 0.604 bits per heavy atom. The number of hydrogen-bond acceptors (Lipinski definition) is 12. The Labute approximate surface area is 601 Å². The highest BCUT2D eigenvalue weighted by atomic mass is 79.9. The van der Waals surface area contributed by atoms with Gasteiger partial charge in [-0.2, -0.15) is 0 Å². The SMILES string of the molecule is C.CB(O)N1CCCC(C(=O)c2cc(CO[Si](C)(C)C(C)(C)C)c3ccccc3c2)C1.CC(C)(C)[Si](C)(C)OCc1cc(Br)cc2ccccc12.COC(=O)c1cc(Br)cc2ccccc12.CON(C)C(=O)C1CCCN(B(C)O)C1.OCc1cc(Br)cc2ccccc12.[2H]CF. The molecule has 0 bridgehead atoms. The molecule has 2 atom stereocenters. The zero-order valence-corrected chi connectivity index (χ0v) is 65.0. The predicted molar refractivity (Wildman–Crippen MR) is 414 cm³/mol. The van der Waals surface area contributed by atoms with Gasteiger partial charge in [-0.3, -0.25) is 18.8 Å². The molecule has 96 heavy (non-hydrogen) atoms. The molecule has 3 N–H and O–H groups in total. The maximum atomic E-state index is 13.4. The van der Waals surface area contributed by atoms with Crippen molar-refractivity contribution in [3.8, 4) is 0 Å². The molecule has 0 spiro atoms. The van der Waals surface area contributed by atoms with Gasteiger partial charge >= 0.3 is 20.1 Å². The molecule has 0 aliphatic carbocycles. The van der Waals surface area contributed by atoms with Crippen LogP contribution in [0.1, 0.15) is 113 Å². The summed E-state index contributed by atoms with van der Waals surface area (Å²) in [6, 6.07) is 48.6. The van der Waals surface area contributed by atoms with Gasteiger partial charge < -0.3 is 38.4 Å². The van der Waals surface area contributed by atoms with Gasteiger partial charge in [0.05, 0.1) is 54.0 Å². The number of carbonyl (C=O) groups is 3. The maximum Gasteiger partial charge on any atom is 0.376 e. The number of rotatable bonds is 14. The Hall–Kier alpha value is -4.98. The van der Waals surface area contributed by atoms with Crippen molar-refractivity contribution in [2.75, 3.05) is 54.6 Å². The smallest absolute Gasteiger partial charge is 0.376 e. The van der Waals surface area contributed by atoms with E-state index in [2.05, 4.69) is 170 Å². The third-order valence-corrected chi connectivity index (χ3v) is 28.8. The van der Waals surface area contributed by atoms with E-state index in [1.165, 1.54) is 35.6 Å². The Morgan fingerprint density at radius 2 is 0.969 bits per heavy atom. The minimum Gasteiger partial charge on any atom is -0.465 e. The Balaban J connectivity index is 0.000000263. The zero-order valence-electron chi connectivity index (χ0n) is 59.2. The van der Waals surface area contributed by atoms with Crippen LogP contribution in [-0.4, -0.2) is 133 Å². The number of ketones is 1. The third-order valence-electron chi connectivity index (χ3n) is 18.5. The van der Waals surface area contributed by atoms with Crippen molar-refractivity contribution in [2.45, 2.75) is 144 Å². The Kier molecular flexibility index (Phi) is 32.8. The van der Waals surface area contributed by atoms with E-state index < -0.39 is 37.9 Å². The summed E-state index contributed by atoms with van der Waals surface area (Å²) in [6.07, 6.45) is 3.63. The molecular formula is C75H103B2Br3FN3O10Si2. The van der Waals surface area contributed by atoms with Crippen molar-refractivity contribution in [3.63, 3.8) is 0 Å². The minimum absolute atomic E-state index is 0. The lowest BCUT2D eigenvalue weighted by molar-refractivity contribution is -0.174. The Morgan fingerprint density at radius 3 is 1.39 bits per heavy atom. The minimum atomic E-state index is -1.89. The van der Waals surface area contributed by atoms with Crippen LogP contribution >= 0.6 is 47.8 Å². The fraction of sp³-hybridized carbons (Fsp3) is 0.427. The van der Waals surface area contributed by atoms with Crippen molar-refractivity contribution in [3.05, 3.63) is 187 Å². The number of halogens is 4. The number of nitrogens with zero attached hydrogens (tertiary/aromatic N) is 3. The van der Waals surface area contributed by atoms with Crippen LogP contribution in [0, 0.1) is 11.8 Å². The number of fused-ring (bicyclic) bond motifs is 4. The number of ether oxygens (including phenoxy) is 1. The van der Waals surface area contributed by atoms with Crippen LogP contribution in [0.4, 0.5) is 4.39 Å². The second-order valence-corrected chi connectivity index (χ2v) is 39.5. The first-order chi connectivity index (χ1) is 45.2. The Bertz CT molecular complexity index is 3840. The van der Waals surface area contributed by atoms with E-state index in [1.807, 2.05) is 94.6 Å². The van der Waals surface area contributed by atoms with Gasteiger partial charge in [0, 0.05) is 38.5 Å². The second-order valence-electron chi connectivity index (χ2n) is 27.2. The number of aliphatic hydroxyl groups is 1. The maximum absolute atomic E-state index is 13.4. The molecule has 2 unspecified atom stereocenters. The summed E-state index contributed by atoms with van der Waals surface area (Å²) >= 11 is 10.4. The molecule has 10 rings (SSSR count). The van der Waals surface area contributed by atoms with Crippen LogP contribution in [0.2, 0.25) is 49.9 Å². The number of esters is 1. The second kappa shape index (κ2) is 38.6. The lowest BCUT2D eigenvalue weighted by Crippen LogP contribution is -2.48. The van der Waals surface area contributed by atoms with Gasteiger partial charge in [-0.05, 0) is 204 Å². The van der Waals surface area contributed by atoms with Gasteiger partial charge in [0.15, 0.2) is 22.4 Å². The molecule has 13 nitrogen and oxygen atoms in total. The molecule has 2 saturated heterocycles. The standard InChI is InChI=1S/C24H36BNO3Si.C17H23BrOSi.C12H9BrO2.C11H9BrO.C9H19BN2O3.CH3F.CH4/c1-24(2,3)30(5,6)29-17-21-15-20(14-18-10-7-8-12-22(18)21)23(27)19-11-9-13-26(16-19)25(4)28;1-17(2,3)20(4,5)19-12-14-11-15(18)10-13-8-6-7-9-16(13)14;1-15-12(14)11-7-9(13)6-8-4-2-3-5-10(8)11;12-10-5-8-3-1-2-4-11(8)9(6-10)7-13;1-10(14)12-6-4-5-8(7-12)9(13)11(2)15-3;1-2;/h7-8,10,12,14-15,19,28H,9,11,13,16-17H2,1-6H3;6-11H,12H2,1-5H3;2-7H,1H3;1-6,13H,7H2;8,14H,4-7H2,1-3H3;1H3;1H4/i;;;;;1D;. The van der Waals surface area contributed by atoms with E-state index in [4.69, 9.17) is 24.9 Å². The summed E-state index contributed by atoms with van der Waals surface area (Å²) in [6.45, 7) is 30.4. The third kappa shape index (κ3) is 23.6. The van der Waals surface area contributed by atoms with Gasteiger partial charge in [0.25, 0.3) is 0 Å². The highest BCUT2D eigenvalue weighted by Crippen LogP contribution is 2.40. The topological polar surface area (TPSA) is 159 Å². The normalized spacial score (nSPS) is 15.2. The number of alkyl halides is 1. The summed E-state index contributed by atoms with van der Waals surface area (Å²) in [5.41, 5.74) is 4.66. The number of Topliss-reactive ketones (excluding diaryl/α,β-unsaturated/α-hetero) is 1. The van der Waals surface area contributed by atoms with Gasteiger partial charge in [-0.1, -0.05) is 194 Å². The van der Waals surface area contributed by atoms with E-state index in [-0.39, 0.29) is 53.6 Å². The summed E-state index contributed by atoms with van der Waals surface area (Å²) < 4.78 is 36.1. The highest BCUT2D eigenvalue weighted by Gasteiger charge is 2.39. The molecule has 0 aromatic heterocycles. The molecular weight excluding hydrogens is 1440 g/mol. The van der Waals surface area contributed by atoms with E-state index in [9.17, 15) is 28.8 Å². The first-order valence-corrected chi connectivity index (χ1v) is 40.5. The molecule has 2 heterocycles. The van der Waals surface area contributed by atoms with Crippen LogP contribution in [0.5, 0.6) is 0 Å². The van der Waals surface area contributed by atoms with Crippen LogP contribution in [-0.2, 0) is 43.0 Å². The molecule has 8 aromatic carbocycles. The highest BCUT2D eigenvalue weighted by molar-refractivity contribution is 9.11. The first-order valence-electron chi connectivity index (χ1n) is 33.0. The number of methoxy groups -OCH3 is 1. The summed E-state index contributed by atoms with van der Waals surface area (Å²) in [5, 5.41) is 39.2. The summed E-state index contributed by atoms with van der Waals surface area (Å²) in [4.78, 5) is 45.5. The number of amides is 1. The van der Waals surface area contributed by atoms with E-state index in [1.54, 1.807) is 26.8 Å². The van der Waals surface area contributed by atoms with E-state index in [0.717, 1.165) is 101 Å². The predicted octanol–water partition coefficient (Wildman–Crippen LogP) is 19.0. The number of benzene rings is 8. The molecule has 21 heteroatoms. The van der Waals surface area contributed by atoms with Crippen molar-refractivity contribution in [1.29, 1.82) is 0 Å². The lowest BCUT2D eigenvalue weighted by atomic mass is 9.79. The molecule has 2 fully saturated rings. The van der Waals surface area contributed by atoms with Crippen LogP contribution in [0.15, 0.2) is 159 Å². The monoisotopic (exact) mass is 1540 g/mol. The van der Waals surface area contributed by atoms with Gasteiger partial charge in [0.1, 0.15) is 0 Å². The van der Waals surface area contributed by atoms with Crippen molar-refractivity contribution < 1.29 is 53.7 Å². The summed E-state index contributed by atoms with van der Waals surface area (Å²) in [7, 11) is -1.11. The number of piperidine rings is 2. The van der Waals surface area contributed by atoms with Gasteiger partial charge in [0.2, 0.25) is 5.91 Å². The molecule has 0 radical (unpaired) electrons. The van der Waals surface area contributed by atoms with Crippen LogP contribution in [0.3, 0.4) is 0 Å². The molecule has 520 valence electrons. The van der Waals surface area contributed by atoms with E-state index >= 15 is 0 Å². The molecule has 8 aromatic rings. The number of hydrogen-bond donors (Lipinski definition) is 3. The average molecular weight is 1540 g/mol. The first kappa shape index (κ1) is 81.7. The largest absolute Gasteiger partial charge is 0.465 e. The van der Waals surface area contributed by atoms with Crippen molar-refractivity contribution >= 4 is 139 Å². The molecule has 0 saturated carbocycles. The molecule has 2 aliphatic heterocycles. The lowest BCUT2D eigenvalue weighted by Gasteiger charge is -2.36.